The Labute approximate surface area is 122 Å². The smallest absolute Gasteiger partial charge is 0.133 e. The van der Waals surface area contributed by atoms with Crippen LogP contribution in [-0.4, -0.2) is 0 Å². The van der Waals surface area contributed by atoms with Gasteiger partial charge in [0.1, 0.15) is 11.5 Å². The van der Waals surface area contributed by atoms with Gasteiger partial charge in [0.05, 0.1) is 0 Å². The Kier molecular flexibility index (Phi) is 4.29. The molecule has 0 N–H and O–H groups in total. The summed E-state index contributed by atoms with van der Waals surface area (Å²) in [6.07, 6.45) is 8.95. The highest BCUT2D eigenvalue weighted by Crippen LogP contribution is 2.28. The van der Waals surface area contributed by atoms with Crippen molar-refractivity contribution in [2.75, 3.05) is 0 Å². The molecule has 0 aromatic heterocycles. The van der Waals surface area contributed by atoms with E-state index in [4.69, 9.17) is 4.74 Å². The molecule has 0 atom stereocenters. The molecule has 0 saturated carbocycles. The second-order valence-corrected chi connectivity index (χ2v) is 6.01. The number of benzene rings is 1. The van der Waals surface area contributed by atoms with E-state index < -0.39 is 0 Å². The standard InChI is InChI=1S/C10H14.C9H8O/c1-10(2,3)9-7-5-4-6-8-9;1-7-5-6-8-3-2-4-9(8)10-7/h4-8H,1-3H3;2-4,6H,1,5H2. The summed E-state index contributed by atoms with van der Waals surface area (Å²) < 4.78 is 5.35. The zero-order chi connectivity index (χ0) is 14.6. The Bertz CT molecular complexity index is 566. The van der Waals surface area contributed by atoms with Gasteiger partial charge >= 0.3 is 0 Å². The van der Waals surface area contributed by atoms with Crippen LogP contribution in [0.1, 0.15) is 32.8 Å². The SMILES string of the molecule is C=C1CC=C2C=CC=C2O1.CC(C)(C)c1ccccc1. The summed E-state index contributed by atoms with van der Waals surface area (Å²) in [5, 5.41) is 0. The molecule has 1 aromatic carbocycles. The molecule has 0 spiro atoms. The van der Waals surface area contributed by atoms with Crippen molar-refractivity contribution in [3.05, 3.63) is 83.9 Å². The first-order chi connectivity index (χ1) is 9.47. The van der Waals surface area contributed by atoms with Crippen molar-refractivity contribution in [1.82, 2.24) is 0 Å². The van der Waals surface area contributed by atoms with Gasteiger partial charge in [-0.2, -0.15) is 0 Å². The van der Waals surface area contributed by atoms with Crippen molar-refractivity contribution in [2.45, 2.75) is 32.6 Å². The van der Waals surface area contributed by atoms with Gasteiger partial charge in [0, 0.05) is 12.0 Å². The van der Waals surface area contributed by atoms with E-state index in [9.17, 15) is 0 Å². The molecule has 1 heterocycles. The minimum absolute atomic E-state index is 0.293. The Morgan fingerprint density at radius 2 is 1.80 bits per heavy atom. The summed E-state index contributed by atoms with van der Waals surface area (Å²) >= 11 is 0. The highest BCUT2D eigenvalue weighted by Gasteiger charge is 2.13. The van der Waals surface area contributed by atoms with Crippen molar-refractivity contribution in [3.8, 4) is 0 Å². The summed E-state index contributed by atoms with van der Waals surface area (Å²) in [5.74, 6) is 1.77. The molecule has 0 radical (unpaired) electrons. The van der Waals surface area contributed by atoms with Crippen LogP contribution < -0.4 is 0 Å². The van der Waals surface area contributed by atoms with Gasteiger partial charge in [-0.05, 0) is 17.1 Å². The van der Waals surface area contributed by atoms with Gasteiger partial charge in [-0.15, -0.1) is 0 Å². The first-order valence-corrected chi connectivity index (χ1v) is 6.97. The molecule has 2 aliphatic rings. The molecule has 0 unspecified atom stereocenters. The van der Waals surface area contributed by atoms with Crippen LogP contribution >= 0.6 is 0 Å². The van der Waals surface area contributed by atoms with Gasteiger partial charge in [0.15, 0.2) is 0 Å². The van der Waals surface area contributed by atoms with Crippen LogP contribution in [-0.2, 0) is 10.2 Å². The minimum atomic E-state index is 0.293. The van der Waals surface area contributed by atoms with Gasteiger partial charge in [-0.1, -0.05) is 75.9 Å². The van der Waals surface area contributed by atoms with Crippen molar-refractivity contribution in [3.63, 3.8) is 0 Å². The molecule has 1 nitrogen and oxygen atoms in total. The van der Waals surface area contributed by atoms with Gasteiger partial charge in [-0.25, -0.2) is 0 Å². The van der Waals surface area contributed by atoms with Gasteiger partial charge in [0.25, 0.3) is 0 Å². The van der Waals surface area contributed by atoms with E-state index in [1.54, 1.807) is 0 Å². The van der Waals surface area contributed by atoms with E-state index in [2.05, 4.69) is 63.8 Å². The average molecular weight is 266 g/mol. The molecular formula is C19H22O. The minimum Gasteiger partial charge on any atom is -0.461 e. The van der Waals surface area contributed by atoms with Crippen molar-refractivity contribution < 1.29 is 4.74 Å². The molecule has 0 bridgehead atoms. The topological polar surface area (TPSA) is 9.23 Å². The third-order valence-electron chi connectivity index (χ3n) is 3.25. The van der Waals surface area contributed by atoms with Crippen LogP contribution in [0, 0.1) is 0 Å². The molecule has 1 aliphatic carbocycles. The van der Waals surface area contributed by atoms with Crippen molar-refractivity contribution in [1.29, 1.82) is 0 Å². The van der Waals surface area contributed by atoms with Gasteiger partial charge in [0.2, 0.25) is 0 Å². The van der Waals surface area contributed by atoms with E-state index in [1.807, 2.05) is 18.2 Å². The van der Waals surface area contributed by atoms with E-state index >= 15 is 0 Å². The highest BCUT2D eigenvalue weighted by molar-refractivity contribution is 5.47. The number of ether oxygens (including phenoxy) is 1. The maximum atomic E-state index is 5.35. The fourth-order valence-electron chi connectivity index (χ4n) is 2.04. The lowest BCUT2D eigenvalue weighted by Gasteiger charge is -2.18. The number of fused-ring (bicyclic) bond motifs is 1. The molecule has 3 rings (SSSR count). The number of hydrogen-bond acceptors (Lipinski definition) is 1. The molecule has 1 heteroatoms. The maximum Gasteiger partial charge on any atom is 0.133 e. The molecule has 1 aliphatic heterocycles. The molecule has 1 aromatic rings. The average Bonchev–Trinajstić information content (AvgIpc) is 2.87. The van der Waals surface area contributed by atoms with E-state index in [0.717, 1.165) is 17.9 Å². The predicted octanol–water partition coefficient (Wildman–Crippen LogP) is 5.28. The van der Waals surface area contributed by atoms with Crippen LogP contribution in [0.25, 0.3) is 0 Å². The molecule has 20 heavy (non-hydrogen) atoms. The Morgan fingerprint density at radius 1 is 1.10 bits per heavy atom. The first-order valence-electron chi connectivity index (χ1n) is 6.97. The highest BCUT2D eigenvalue weighted by atomic mass is 16.5. The zero-order valence-electron chi connectivity index (χ0n) is 12.5. The van der Waals surface area contributed by atoms with Crippen LogP contribution in [0.4, 0.5) is 0 Å². The molecule has 0 saturated heterocycles. The number of rotatable bonds is 0. The van der Waals surface area contributed by atoms with Crippen LogP contribution in [0.3, 0.4) is 0 Å². The fourth-order valence-corrected chi connectivity index (χ4v) is 2.04. The Hall–Kier alpha value is -2.02. The van der Waals surface area contributed by atoms with Gasteiger partial charge in [-0.3, -0.25) is 0 Å². The largest absolute Gasteiger partial charge is 0.461 e. The van der Waals surface area contributed by atoms with E-state index in [1.165, 1.54) is 11.1 Å². The van der Waals surface area contributed by atoms with Crippen LogP contribution in [0.15, 0.2) is 78.3 Å². The maximum absolute atomic E-state index is 5.35. The van der Waals surface area contributed by atoms with Crippen molar-refractivity contribution >= 4 is 0 Å². The van der Waals surface area contributed by atoms with Crippen LogP contribution in [0.2, 0.25) is 0 Å². The third-order valence-corrected chi connectivity index (χ3v) is 3.25. The first kappa shape index (κ1) is 14.4. The number of allylic oxidation sites excluding steroid dienone is 4. The monoisotopic (exact) mass is 266 g/mol. The normalized spacial score (nSPS) is 16.4. The summed E-state index contributed by atoms with van der Waals surface area (Å²) in [4.78, 5) is 0. The summed E-state index contributed by atoms with van der Waals surface area (Å²) in [6, 6.07) is 10.6. The lowest BCUT2D eigenvalue weighted by atomic mass is 9.87. The van der Waals surface area contributed by atoms with E-state index in [0.29, 0.717) is 5.41 Å². The summed E-state index contributed by atoms with van der Waals surface area (Å²) in [6.45, 7) is 10.4. The van der Waals surface area contributed by atoms with Gasteiger partial charge < -0.3 is 4.74 Å². The second kappa shape index (κ2) is 5.96. The summed E-state index contributed by atoms with van der Waals surface area (Å²) in [5.41, 5.74) is 2.88. The van der Waals surface area contributed by atoms with Crippen molar-refractivity contribution in [2.24, 2.45) is 0 Å². The molecular weight excluding hydrogens is 244 g/mol. The summed E-state index contributed by atoms with van der Waals surface area (Å²) in [7, 11) is 0. The lowest BCUT2D eigenvalue weighted by Crippen LogP contribution is -2.10. The molecule has 0 amide bonds. The lowest BCUT2D eigenvalue weighted by molar-refractivity contribution is 0.303. The number of hydrogen-bond donors (Lipinski definition) is 0. The molecule has 0 fully saturated rings. The zero-order valence-corrected chi connectivity index (χ0v) is 12.5. The molecule has 104 valence electrons. The Morgan fingerprint density at radius 3 is 2.40 bits per heavy atom. The predicted molar refractivity (Wildman–Crippen MR) is 85.3 cm³/mol. The fraction of sp³-hybridized carbons (Fsp3) is 0.263. The second-order valence-electron chi connectivity index (χ2n) is 6.01. The van der Waals surface area contributed by atoms with E-state index in [-0.39, 0.29) is 0 Å². The quantitative estimate of drug-likeness (QED) is 0.620. The third kappa shape index (κ3) is 3.74. The van der Waals surface area contributed by atoms with Crippen LogP contribution in [0.5, 0.6) is 0 Å². The Balaban J connectivity index is 0.000000147.